The SMILES string of the molecule is CN1/C(=C/C=C2/C=CC=CC2=O)C=Cc2cccc(O)c21. The van der Waals surface area contributed by atoms with Crippen molar-refractivity contribution in [3.05, 3.63) is 77.6 Å². The number of ketones is 1. The number of allylic oxidation sites excluding steroid dienone is 8. The molecule has 3 nitrogen and oxygen atoms in total. The van der Waals surface area contributed by atoms with E-state index in [-0.39, 0.29) is 11.5 Å². The van der Waals surface area contributed by atoms with Gasteiger partial charge in [0.25, 0.3) is 0 Å². The molecule has 0 radical (unpaired) electrons. The topological polar surface area (TPSA) is 40.5 Å². The Hall–Kier alpha value is -2.81. The fourth-order valence-corrected chi connectivity index (χ4v) is 2.43. The van der Waals surface area contributed by atoms with Crippen LogP contribution in [0.2, 0.25) is 0 Å². The molecule has 0 aromatic heterocycles. The molecule has 3 rings (SSSR count). The van der Waals surface area contributed by atoms with Gasteiger partial charge in [0, 0.05) is 23.9 Å². The van der Waals surface area contributed by atoms with Gasteiger partial charge in [-0.25, -0.2) is 0 Å². The maximum absolute atomic E-state index is 11.7. The number of benzene rings is 1. The van der Waals surface area contributed by atoms with Crippen LogP contribution in [0.5, 0.6) is 5.75 Å². The lowest BCUT2D eigenvalue weighted by atomic mass is 10.0. The maximum atomic E-state index is 11.7. The molecule has 0 amide bonds. The highest BCUT2D eigenvalue weighted by molar-refractivity contribution is 6.07. The molecule has 3 heteroatoms. The van der Waals surface area contributed by atoms with Crippen molar-refractivity contribution in [2.45, 2.75) is 0 Å². The molecule has 1 N–H and O–H groups in total. The van der Waals surface area contributed by atoms with E-state index in [1.807, 2.05) is 48.4 Å². The predicted octanol–water partition coefficient (Wildman–Crippen LogP) is 3.36. The average molecular weight is 277 g/mol. The Morgan fingerprint density at radius 3 is 2.67 bits per heavy atom. The van der Waals surface area contributed by atoms with E-state index in [0.717, 1.165) is 16.9 Å². The molecule has 0 spiro atoms. The zero-order valence-electron chi connectivity index (χ0n) is 11.7. The number of nitrogens with zero attached hydrogens (tertiary/aromatic N) is 1. The van der Waals surface area contributed by atoms with Crippen LogP contribution in [-0.2, 0) is 4.79 Å². The highest BCUT2D eigenvalue weighted by Crippen LogP contribution is 2.36. The van der Waals surface area contributed by atoms with Crippen molar-refractivity contribution >= 4 is 17.5 Å². The minimum absolute atomic E-state index is 0.0000365. The summed E-state index contributed by atoms with van der Waals surface area (Å²) in [5, 5.41) is 10.0. The van der Waals surface area contributed by atoms with Gasteiger partial charge in [-0.2, -0.15) is 0 Å². The monoisotopic (exact) mass is 277 g/mol. The Labute approximate surface area is 123 Å². The van der Waals surface area contributed by atoms with Crippen LogP contribution in [0.1, 0.15) is 5.56 Å². The normalized spacial score (nSPS) is 20.4. The summed E-state index contributed by atoms with van der Waals surface area (Å²) < 4.78 is 0. The van der Waals surface area contributed by atoms with Gasteiger partial charge < -0.3 is 10.0 Å². The number of likely N-dealkylation sites (N-methyl/N-ethyl adjacent to an activating group) is 1. The summed E-state index contributed by atoms with van der Waals surface area (Å²) in [6, 6.07) is 5.44. The molecule has 0 atom stereocenters. The molecule has 2 aliphatic rings. The summed E-state index contributed by atoms with van der Waals surface area (Å²) >= 11 is 0. The predicted molar refractivity (Wildman–Crippen MR) is 85.0 cm³/mol. The van der Waals surface area contributed by atoms with Crippen LogP contribution < -0.4 is 4.90 Å². The number of phenolic OH excluding ortho intramolecular Hbond substituents is 1. The average Bonchev–Trinajstić information content (AvgIpc) is 2.48. The van der Waals surface area contributed by atoms with Crippen molar-refractivity contribution in [2.75, 3.05) is 11.9 Å². The lowest BCUT2D eigenvalue weighted by molar-refractivity contribution is -0.111. The van der Waals surface area contributed by atoms with Gasteiger partial charge in [-0.3, -0.25) is 4.79 Å². The standard InChI is InChI=1S/C18H15NO2/c1-19-15(11-9-13-5-2-3-7-16(13)20)12-10-14-6-4-8-17(21)18(14)19/h2-12,21H,1H3/b13-9-,15-11+. The third-order valence-electron chi connectivity index (χ3n) is 3.55. The third kappa shape index (κ3) is 2.46. The Morgan fingerprint density at radius 1 is 1.05 bits per heavy atom. The van der Waals surface area contributed by atoms with Crippen LogP contribution in [0.15, 0.2) is 72.0 Å². The second-order valence-electron chi connectivity index (χ2n) is 4.90. The van der Waals surface area contributed by atoms with Gasteiger partial charge in [0.05, 0.1) is 5.69 Å². The van der Waals surface area contributed by atoms with Crippen molar-refractivity contribution < 1.29 is 9.90 Å². The van der Waals surface area contributed by atoms with Gasteiger partial charge in [-0.15, -0.1) is 0 Å². The number of anilines is 1. The summed E-state index contributed by atoms with van der Waals surface area (Å²) in [4.78, 5) is 13.6. The van der Waals surface area contributed by atoms with Crippen LogP contribution >= 0.6 is 0 Å². The first-order chi connectivity index (χ1) is 10.2. The third-order valence-corrected chi connectivity index (χ3v) is 3.55. The molecule has 1 aromatic carbocycles. The molecule has 0 saturated carbocycles. The Balaban J connectivity index is 1.95. The molecular formula is C18H15NO2. The number of carbonyl (C=O) groups is 1. The summed E-state index contributed by atoms with van der Waals surface area (Å²) in [5.74, 6) is 0.245. The van der Waals surface area contributed by atoms with Gasteiger partial charge >= 0.3 is 0 Å². The Kier molecular flexibility index (Phi) is 3.32. The zero-order chi connectivity index (χ0) is 14.8. The number of aromatic hydroxyl groups is 1. The number of rotatable bonds is 1. The largest absolute Gasteiger partial charge is 0.506 e. The van der Waals surface area contributed by atoms with Crippen molar-refractivity contribution in [2.24, 2.45) is 0 Å². The van der Waals surface area contributed by atoms with Crippen LogP contribution in [0.4, 0.5) is 5.69 Å². The van der Waals surface area contributed by atoms with E-state index in [0.29, 0.717) is 5.57 Å². The quantitative estimate of drug-likeness (QED) is 0.800. The van der Waals surface area contributed by atoms with E-state index in [1.165, 1.54) is 0 Å². The Bertz CT molecular complexity index is 748. The maximum Gasteiger partial charge on any atom is 0.185 e. The highest BCUT2D eigenvalue weighted by atomic mass is 16.3. The van der Waals surface area contributed by atoms with Gasteiger partial charge in [0.15, 0.2) is 5.78 Å². The minimum atomic E-state index is 0.0000365. The van der Waals surface area contributed by atoms with E-state index in [4.69, 9.17) is 0 Å². The lowest BCUT2D eigenvalue weighted by Gasteiger charge is -2.26. The molecule has 0 saturated heterocycles. The number of hydrogen-bond acceptors (Lipinski definition) is 3. The lowest BCUT2D eigenvalue weighted by Crippen LogP contribution is -2.18. The summed E-state index contributed by atoms with van der Waals surface area (Å²) in [6.07, 6.45) is 14.5. The minimum Gasteiger partial charge on any atom is -0.506 e. The van der Waals surface area contributed by atoms with Crippen LogP contribution in [0, 0.1) is 0 Å². The molecule has 1 aliphatic carbocycles. The fraction of sp³-hybridized carbons (Fsp3) is 0.0556. The number of hydrogen-bond donors (Lipinski definition) is 1. The number of para-hydroxylation sites is 1. The van der Waals surface area contributed by atoms with Gasteiger partial charge in [-0.1, -0.05) is 36.4 Å². The fourth-order valence-electron chi connectivity index (χ4n) is 2.43. The molecular weight excluding hydrogens is 262 g/mol. The van der Waals surface area contributed by atoms with Crippen molar-refractivity contribution in [3.8, 4) is 5.75 Å². The van der Waals surface area contributed by atoms with E-state index in [1.54, 1.807) is 30.4 Å². The summed E-state index contributed by atoms with van der Waals surface area (Å²) in [5.41, 5.74) is 3.30. The first-order valence-electron chi connectivity index (χ1n) is 6.71. The Morgan fingerprint density at radius 2 is 1.86 bits per heavy atom. The molecule has 104 valence electrons. The van der Waals surface area contributed by atoms with Gasteiger partial charge in [0.2, 0.25) is 0 Å². The van der Waals surface area contributed by atoms with Gasteiger partial charge in [-0.05, 0) is 30.4 Å². The van der Waals surface area contributed by atoms with Crippen molar-refractivity contribution in [1.29, 1.82) is 0 Å². The summed E-state index contributed by atoms with van der Waals surface area (Å²) in [6.45, 7) is 0. The molecule has 0 fully saturated rings. The molecule has 21 heavy (non-hydrogen) atoms. The molecule has 1 aliphatic heterocycles. The van der Waals surface area contributed by atoms with E-state index < -0.39 is 0 Å². The highest BCUT2D eigenvalue weighted by Gasteiger charge is 2.16. The number of fused-ring (bicyclic) bond motifs is 1. The number of carbonyl (C=O) groups excluding carboxylic acids is 1. The van der Waals surface area contributed by atoms with Crippen LogP contribution in [0.3, 0.4) is 0 Å². The van der Waals surface area contributed by atoms with E-state index >= 15 is 0 Å². The molecule has 0 bridgehead atoms. The number of phenols is 1. The van der Waals surface area contributed by atoms with Crippen molar-refractivity contribution in [1.82, 2.24) is 0 Å². The zero-order valence-corrected chi connectivity index (χ0v) is 11.7. The molecule has 1 heterocycles. The first-order valence-corrected chi connectivity index (χ1v) is 6.71. The molecule has 0 unspecified atom stereocenters. The second kappa shape index (κ2) is 5.29. The smallest absolute Gasteiger partial charge is 0.185 e. The second-order valence-corrected chi connectivity index (χ2v) is 4.90. The van der Waals surface area contributed by atoms with Gasteiger partial charge in [0.1, 0.15) is 5.75 Å². The summed E-state index contributed by atoms with van der Waals surface area (Å²) in [7, 11) is 1.89. The van der Waals surface area contributed by atoms with Crippen molar-refractivity contribution in [3.63, 3.8) is 0 Å². The van der Waals surface area contributed by atoms with Crippen LogP contribution in [-0.4, -0.2) is 17.9 Å². The van der Waals surface area contributed by atoms with E-state index in [9.17, 15) is 9.90 Å². The first kappa shape index (κ1) is 13.2. The van der Waals surface area contributed by atoms with Crippen LogP contribution in [0.25, 0.3) is 6.08 Å². The molecule has 1 aromatic rings. The van der Waals surface area contributed by atoms with E-state index in [2.05, 4.69) is 0 Å².